The van der Waals surface area contributed by atoms with E-state index in [-0.39, 0.29) is 0 Å². The molecule has 3 aliphatic heterocycles. The Labute approximate surface area is 195 Å². The van der Waals surface area contributed by atoms with Crippen LogP contribution >= 0.6 is 0 Å². The molecule has 0 fully saturated rings. The Morgan fingerprint density at radius 3 is 1.45 bits per heavy atom. The van der Waals surface area contributed by atoms with E-state index in [1.807, 2.05) is 91.8 Å². The number of hydrogen-bond acceptors (Lipinski definition) is 4. The predicted molar refractivity (Wildman–Crippen MR) is 136 cm³/mol. The van der Waals surface area contributed by atoms with Crippen LogP contribution in [-0.4, -0.2) is 21.7 Å². The summed E-state index contributed by atoms with van der Waals surface area (Å²) in [5.41, 5.74) is 6.12. The highest BCUT2D eigenvalue weighted by molar-refractivity contribution is 6.44. The second-order valence-electron chi connectivity index (χ2n) is 7.80. The number of rotatable bonds is 0. The first kappa shape index (κ1) is 20.9. The quantitative estimate of drug-likeness (QED) is 0.283. The molecular weight excluding hydrogens is 424 g/mol. The van der Waals surface area contributed by atoms with Gasteiger partial charge in [0.25, 0.3) is 0 Å². The van der Waals surface area contributed by atoms with Crippen LogP contribution in [-0.2, 0) is 6.42 Å². The molecule has 161 valence electrons. The molecule has 0 aliphatic carbocycles. The van der Waals surface area contributed by atoms with E-state index >= 15 is 0 Å². The molecule has 3 heterocycles. The van der Waals surface area contributed by atoms with E-state index in [2.05, 4.69) is 34.3 Å². The zero-order chi connectivity index (χ0) is 22.5. The van der Waals surface area contributed by atoms with E-state index in [0.29, 0.717) is 0 Å². The predicted octanol–water partition coefficient (Wildman–Crippen LogP) is 6.67. The summed E-state index contributed by atoms with van der Waals surface area (Å²) in [6.45, 7) is 1.98. The van der Waals surface area contributed by atoms with Gasteiger partial charge in [-0.05, 0) is 66.1 Å². The average molecular weight is 448 g/mol. The smallest absolute Gasteiger partial charge is 0.509 e. The summed E-state index contributed by atoms with van der Waals surface area (Å²) in [5, 5.41) is 0. The fourth-order valence-corrected chi connectivity index (χ4v) is 4.65. The average Bonchev–Trinajstić information content (AvgIpc) is 2.84. The van der Waals surface area contributed by atoms with Crippen LogP contribution < -0.4 is 8.85 Å². The lowest BCUT2D eigenvalue weighted by atomic mass is 10.0. The third kappa shape index (κ3) is 5.27. The molecule has 33 heavy (non-hydrogen) atoms. The Balaban J connectivity index is 1.53. The van der Waals surface area contributed by atoms with E-state index in [9.17, 15) is 0 Å². The van der Waals surface area contributed by atoms with Crippen LogP contribution in [0.2, 0.25) is 6.55 Å². The molecule has 0 saturated heterocycles. The molecule has 0 unspecified atom stereocenters. The van der Waals surface area contributed by atoms with Gasteiger partial charge in [0.2, 0.25) is 0 Å². The van der Waals surface area contributed by atoms with Crippen molar-refractivity contribution >= 4 is 33.1 Å². The Kier molecular flexibility index (Phi) is 6.13. The molecule has 0 aromatic heterocycles. The minimum atomic E-state index is -1.62. The number of benzene rings is 4. The number of hydrogen-bond donors (Lipinski definition) is 0. The standard InChI is InChI=1S/C28H23N2O2Si/c1-33-31-27-8-4-2-6-23(27)19-29-25-14-10-21(11-15-25)18-22-12-16-26(17-13-22)30-20-24-7-3-5-9-28(24)32-33/h2-17,19-20H,18H2,1H3. The second-order valence-corrected chi connectivity index (χ2v) is 9.19. The molecule has 4 aromatic carbocycles. The molecule has 0 N–H and O–H groups in total. The largest absolute Gasteiger partial charge is 0.528 e. The van der Waals surface area contributed by atoms with Crippen molar-refractivity contribution in [3.63, 3.8) is 0 Å². The van der Waals surface area contributed by atoms with Gasteiger partial charge in [-0.15, -0.1) is 0 Å². The van der Waals surface area contributed by atoms with Gasteiger partial charge in [-0.2, -0.15) is 0 Å². The normalized spacial score (nSPS) is 13.6. The van der Waals surface area contributed by atoms with Crippen LogP contribution in [0, 0.1) is 0 Å². The van der Waals surface area contributed by atoms with Crippen LogP contribution in [0.25, 0.3) is 0 Å². The summed E-state index contributed by atoms with van der Waals surface area (Å²) in [5.74, 6) is 1.52. The highest BCUT2D eigenvalue weighted by atomic mass is 28.3. The van der Waals surface area contributed by atoms with E-state index in [1.54, 1.807) is 0 Å². The molecule has 0 amide bonds. The SMILES string of the molecule is C[Si]1Oc2ccccc2C=Nc2ccc(cc2)Cc2ccc(cc2)N=Cc2ccccc2O1. The van der Waals surface area contributed by atoms with Crippen molar-refractivity contribution in [2.45, 2.75) is 13.0 Å². The van der Waals surface area contributed by atoms with Gasteiger partial charge in [-0.25, -0.2) is 0 Å². The Bertz CT molecular complexity index is 1200. The lowest BCUT2D eigenvalue weighted by Gasteiger charge is -2.16. The number of para-hydroxylation sites is 2. The molecule has 4 bridgehead atoms. The Hall–Kier alpha value is -3.96. The third-order valence-electron chi connectivity index (χ3n) is 5.33. The maximum atomic E-state index is 6.23. The van der Waals surface area contributed by atoms with E-state index in [4.69, 9.17) is 8.85 Å². The fourth-order valence-electron chi connectivity index (χ4n) is 3.61. The van der Waals surface area contributed by atoms with Crippen molar-refractivity contribution in [2.24, 2.45) is 9.98 Å². The highest BCUT2D eigenvalue weighted by Gasteiger charge is 2.16. The maximum Gasteiger partial charge on any atom is 0.528 e. The summed E-state index contributed by atoms with van der Waals surface area (Å²) in [6.07, 6.45) is 4.55. The molecule has 3 aliphatic rings. The summed E-state index contributed by atoms with van der Waals surface area (Å²) in [6, 6.07) is 32.4. The molecule has 5 heteroatoms. The fraction of sp³-hybridized carbons (Fsp3) is 0.0714. The summed E-state index contributed by atoms with van der Waals surface area (Å²) in [7, 11) is -1.62. The molecule has 4 aromatic rings. The maximum absolute atomic E-state index is 6.23. The third-order valence-corrected chi connectivity index (χ3v) is 6.35. The van der Waals surface area contributed by atoms with Crippen LogP contribution in [0.1, 0.15) is 22.3 Å². The van der Waals surface area contributed by atoms with Crippen LogP contribution in [0.3, 0.4) is 0 Å². The first-order valence-electron chi connectivity index (χ1n) is 10.9. The van der Waals surface area contributed by atoms with Crippen molar-refractivity contribution in [1.82, 2.24) is 0 Å². The number of aliphatic imine (C=N–C) groups is 2. The van der Waals surface area contributed by atoms with Crippen molar-refractivity contribution in [3.8, 4) is 11.5 Å². The molecule has 7 rings (SSSR count). The van der Waals surface area contributed by atoms with Gasteiger partial charge < -0.3 is 8.85 Å². The van der Waals surface area contributed by atoms with Gasteiger partial charge in [0.05, 0.1) is 11.4 Å². The number of nitrogens with zero attached hydrogens (tertiary/aromatic N) is 2. The Morgan fingerprint density at radius 1 is 0.576 bits per heavy atom. The molecule has 1 radical (unpaired) electrons. The summed E-state index contributed by atoms with van der Waals surface area (Å²) >= 11 is 0. The lowest BCUT2D eigenvalue weighted by molar-refractivity contribution is 0.430. The van der Waals surface area contributed by atoms with Crippen molar-refractivity contribution in [3.05, 3.63) is 119 Å². The topological polar surface area (TPSA) is 43.2 Å². The summed E-state index contributed by atoms with van der Waals surface area (Å²) < 4.78 is 12.5. The van der Waals surface area contributed by atoms with Gasteiger partial charge in [-0.1, -0.05) is 48.5 Å². The van der Waals surface area contributed by atoms with Gasteiger partial charge in [0.1, 0.15) is 11.5 Å². The van der Waals surface area contributed by atoms with Gasteiger partial charge >= 0.3 is 9.28 Å². The first-order valence-corrected chi connectivity index (χ1v) is 12.7. The highest BCUT2D eigenvalue weighted by Crippen LogP contribution is 2.23. The van der Waals surface area contributed by atoms with E-state index < -0.39 is 9.28 Å². The molecular formula is C28H23N2O2Si. The molecule has 0 atom stereocenters. The van der Waals surface area contributed by atoms with Crippen molar-refractivity contribution in [1.29, 1.82) is 0 Å². The zero-order valence-electron chi connectivity index (χ0n) is 18.3. The molecule has 0 spiro atoms. The van der Waals surface area contributed by atoms with E-state index in [0.717, 1.165) is 40.4 Å². The number of fused-ring (bicyclic) bond motifs is 2. The van der Waals surface area contributed by atoms with Crippen LogP contribution in [0.4, 0.5) is 11.4 Å². The monoisotopic (exact) mass is 447 g/mol. The first-order chi connectivity index (χ1) is 16.2. The van der Waals surface area contributed by atoms with Gasteiger partial charge in [0.15, 0.2) is 0 Å². The van der Waals surface area contributed by atoms with Gasteiger partial charge in [0, 0.05) is 30.1 Å². The molecule has 0 saturated carbocycles. The Morgan fingerprint density at radius 2 is 1.00 bits per heavy atom. The zero-order valence-corrected chi connectivity index (χ0v) is 19.3. The minimum absolute atomic E-state index is 0.759. The molecule has 4 nitrogen and oxygen atoms in total. The summed E-state index contributed by atoms with van der Waals surface area (Å²) in [4.78, 5) is 9.32. The van der Waals surface area contributed by atoms with Crippen LogP contribution in [0.15, 0.2) is 107 Å². The second kappa shape index (κ2) is 9.67. The van der Waals surface area contributed by atoms with Crippen molar-refractivity contribution < 1.29 is 8.85 Å². The lowest BCUT2D eigenvalue weighted by Crippen LogP contribution is -2.26. The van der Waals surface area contributed by atoms with Crippen molar-refractivity contribution in [2.75, 3.05) is 0 Å². The minimum Gasteiger partial charge on any atom is -0.509 e. The van der Waals surface area contributed by atoms with E-state index in [1.165, 1.54) is 11.1 Å². The van der Waals surface area contributed by atoms with Gasteiger partial charge in [-0.3, -0.25) is 9.98 Å². The van der Waals surface area contributed by atoms with Crippen LogP contribution in [0.5, 0.6) is 11.5 Å².